The van der Waals surface area contributed by atoms with Crippen LogP contribution in [0.3, 0.4) is 0 Å². The van der Waals surface area contributed by atoms with Gasteiger partial charge in [0.25, 0.3) is 0 Å². The Morgan fingerprint density at radius 1 is 1.00 bits per heavy atom. The van der Waals surface area contributed by atoms with Gasteiger partial charge in [-0.15, -0.1) is 0 Å². The summed E-state index contributed by atoms with van der Waals surface area (Å²) >= 11 is 0. The number of ether oxygens (including phenoxy) is 2. The molecule has 6 rings (SSSR count). The first-order valence-corrected chi connectivity index (χ1v) is 15.2. The van der Waals surface area contributed by atoms with Gasteiger partial charge in [0.15, 0.2) is 6.23 Å². The molecule has 2 heterocycles. The largest absolute Gasteiger partial charge is 0.458 e. The van der Waals surface area contributed by atoms with E-state index in [1.807, 2.05) is 0 Å². The standard InChI is InChI=1S/C30H47NO9/c1-28-9-6-18(31(38-3)27-26(36)25(35)24(34)22(14-32)40-27)13-17(28)4-5-21-20(28)7-10-29(2)19(8-11-30(21,29)37)16-12-23(33)39-15-16/h12,17-22,24-27,32,34-37H,4-11,13-15H2,1-3H3/t17?,18?,19-,20?,21?,22?,24-,25+,26?,27-,28+,29-,30+/m1/s1. The second kappa shape index (κ2) is 10.3. The lowest BCUT2D eigenvalue weighted by molar-refractivity contribution is -0.344. The van der Waals surface area contributed by atoms with Crippen molar-refractivity contribution in [3.05, 3.63) is 11.6 Å². The van der Waals surface area contributed by atoms with E-state index in [0.717, 1.165) is 63.4 Å². The Balaban J connectivity index is 1.19. The van der Waals surface area contributed by atoms with E-state index in [9.17, 15) is 30.3 Å². The van der Waals surface area contributed by atoms with Gasteiger partial charge in [0, 0.05) is 17.5 Å². The van der Waals surface area contributed by atoms with Gasteiger partial charge < -0.3 is 35.0 Å². The lowest BCUT2D eigenvalue weighted by atomic mass is 9.43. The van der Waals surface area contributed by atoms with Gasteiger partial charge in [-0.25, -0.2) is 4.79 Å². The molecule has 6 unspecified atom stereocenters. The highest BCUT2D eigenvalue weighted by molar-refractivity contribution is 5.85. The van der Waals surface area contributed by atoms with E-state index >= 15 is 0 Å². The Morgan fingerprint density at radius 3 is 2.45 bits per heavy atom. The number of nitrogens with zero attached hydrogens (tertiary/aromatic N) is 1. The molecule has 1 saturated heterocycles. The van der Waals surface area contributed by atoms with Gasteiger partial charge in [-0.05, 0) is 92.4 Å². The number of aliphatic hydroxyl groups is 5. The topological polar surface area (TPSA) is 149 Å². The highest BCUT2D eigenvalue weighted by Crippen LogP contribution is 2.70. The van der Waals surface area contributed by atoms with Crippen molar-refractivity contribution in [3.8, 4) is 0 Å². The number of hydrogen-bond acceptors (Lipinski definition) is 10. The van der Waals surface area contributed by atoms with Crippen LogP contribution in [-0.4, -0.2) is 99.2 Å². The molecule has 4 saturated carbocycles. The number of carbonyl (C=O) groups is 1. The molecule has 0 spiro atoms. The number of hydroxylamine groups is 2. The van der Waals surface area contributed by atoms with Crippen molar-refractivity contribution in [2.45, 2.75) is 114 Å². The van der Waals surface area contributed by atoms with Crippen LogP contribution in [-0.2, 0) is 19.1 Å². The van der Waals surface area contributed by atoms with E-state index in [2.05, 4.69) is 13.8 Å². The molecule has 226 valence electrons. The summed E-state index contributed by atoms with van der Waals surface area (Å²) in [6.07, 6.45) is 3.63. The van der Waals surface area contributed by atoms with Gasteiger partial charge in [0.1, 0.15) is 31.0 Å². The predicted octanol–water partition coefficient (Wildman–Crippen LogP) is 1.28. The Labute approximate surface area is 236 Å². The van der Waals surface area contributed by atoms with Gasteiger partial charge in [0.05, 0.1) is 19.3 Å². The summed E-state index contributed by atoms with van der Waals surface area (Å²) in [4.78, 5) is 17.6. The molecule has 6 aliphatic rings. The van der Waals surface area contributed by atoms with Crippen molar-refractivity contribution in [1.29, 1.82) is 0 Å². The van der Waals surface area contributed by atoms with Crippen LogP contribution >= 0.6 is 0 Å². The minimum absolute atomic E-state index is 0.0549. The summed E-state index contributed by atoms with van der Waals surface area (Å²) in [6.45, 7) is 4.53. The highest BCUT2D eigenvalue weighted by atomic mass is 16.7. The highest BCUT2D eigenvalue weighted by Gasteiger charge is 2.68. The fourth-order valence-corrected chi connectivity index (χ4v) is 10.4. The van der Waals surface area contributed by atoms with Crippen molar-refractivity contribution in [1.82, 2.24) is 5.06 Å². The number of rotatable bonds is 5. The maximum atomic E-state index is 12.4. The quantitative estimate of drug-likeness (QED) is 0.244. The average molecular weight is 566 g/mol. The average Bonchev–Trinajstić information content (AvgIpc) is 3.48. The molecule has 5 fully saturated rings. The minimum atomic E-state index is -1.45. The molecule has 0 aromatic rings. The molecular weight excluding hydrogens is 518 g/mol. The maximum absolute atomic E-state index is 12.4. The van der Waals surface area contributed by atoms with E-state index in [1.165, 1.54) is 7.11 Å². The molecule has 4 aliphatic carbocycles. The van der Waals surface area contributed by atoms with Crippen LogP contribution < -0.4 is 0 Å². The first kappa shape index (κ1) is 29.0. The number of cyclic esters (lactones) is 1. The van der Waals surface area contributed by atoms with E-state index in [-0.39, 0.29) is 34.7 Å². The van der Waals surface area contributed by atoms with E-state index in [1.54, 1.807) is 11.1 Å². The second-order valence-electron chi connectivity index (χ2n) is 14.0. The van der Waals surface area contributed by atoms with Crippen LogP contribution in [0.25, 0.3) is 0 Å². The van der Waals surface area contributed by atoms with Crippen molar-refractivity contribution in [3.63, 3.8) is 0 Å². The zero-order chi connectivity index (χ0) is 28.6. The second-order valence-corrected chi connectivity index (χ2v) is 14.0. The third-order valence-electron chi connectivity index (χ3n) is 12.6. The summed E-state index contributed by atoms with van der Waals surface area (Å²) in [6, 6.07) is -0.0549. The molecule has 0 radical (unpaired) electrons. The molecular formula is C30H47NO9. The van der Waals surface area contributed by atoms with Crippen LogP contribution in [0.15, 0.2) is 11.6 Å². The normalized spacial score (nSPS) is 52.5. The van der Waals surface area contributed by atoms with Crippen LogP contribution in [0.4, 0.5) is 0 Å². The Bertz CT molecular complexity index is 1020. The molecule has 10 nitrogen and oxygen atoms in total. The third kappa shape index (κ3) is 4.08. The van der Waals surface area contributed by atoms with Crippen molar-refractivity contribution in [2.24, 2.45) is 34.5 Å². The maximum Gasteiger partial charge on any atom is 0.331 e. The Morgan fingerprint density at radius 2 is 1.77 bits per heavy atom. The molecule has 10 heteroatoms. The number of hydrogen-bond donors (Lipinski definition) is 5. The van der Waals surface area contributed by atoms with E-state index in [4.69, 9.17) is 14.3 Å². The summed E-state index contributed by atoms with van der Waals surface area (Å²) < 4.78 is 11.1. The van der Waals surface area contributed by atoms with Crippen LogP contribution in [0, 0.1) is 34.5 Å². The first-order chi connectivity index (χ1) is 19.0. The monoisotopic (exact) mass is 565 g/mol. The summed E-state index contributed by atoms with van der Waals surface area (Å²) in [5.41, 5.74) is 0.0988. The zero-order valence-electron chi connectivity index (χ0n) is 23.9. The van der Waals surface area contributed by atoms with Gasteiger partial charge >= 0.3 is 5.97 Å². The van der Waals surface area contributed by atoms with Crippen LogP contribution in [0.2, 0.25) is 0 Å². The van der Waals surface area contributed by atoms with Crippen LogP contribution in [0.5, 0.6) is 0 Å². The summed E-state index contributed by atoms with van der Waals surface area (Å²) in [7, 11) is 1.53. The number of fused-ring (bicyclic) bond motifs is 5. The van der Waals surface area contributed by atoms with Crippen molar-refractivity contribution in [2.75, 3.05) is 20.3 Å². The molecule has 13 atom stereocenters. The molecule has 0 bridgehead atoms. The number of carbonyl (C=O) groups excluding carboxylic acids is 1. The number of esters is 1. The lowest BCUT2D eigenvalue weighted by Gasteiger charge is -2.64. The van der Waals surface area contributed by atoms with Gasteiger partial charge in [-0.3, -0.25) is 4.84 Å². The fraction of sp³-hybridized carbons (Fsp3) is 0.900. The molecule has 2 aliphatic heterocycles. The summed E-state index contributed by atoms with van der Waals surface area (Å²) in [5, 5.41) is 55.1. The molecule has 5 N–H and O–H groups in total. The zero-order valence-corrected chi connectivity index (χ0v) is 23.9. The van der Waals surface area contributed by atoms with Gasteiger partial charge in [0.2, 0.25) is 0 Å². The smallest absolute Gasteiger partial charge is 0.331 e. The van der Waals surface area contributed by atoms with Gasteiger partial charge in [-0.2, -0.15) is 5.06 Å². The minimum Gasteiger partial charge on any atom is -0.458 e. The molecule has 0 aromatic heterocycles. The summed E-state index contributed by atoms with van der Waals surface area (Å²) in [5.74, 6) is 0.949. The Hall–Kier alpha value is -1.11. The van der Waals surface area contributed by atoms with Crippen LogP contribution in [0.1, 0.15) is 71.6 Å². The first-order valence-electron chi connectivity index (χ1n) is 15.2. The van der Waals surface area contributed by atoms with E-state index < -0.39 is 42.9 Å². The molecule has 0 amide bonds. The fourth-order valence-electron chi connectivity index (χ4n) is 10.4. The van der Waals surface area contributed by atoms with E-state index in [0.29, 0.717) is 18.4 Å². The third-order valence-corrected chi connectivity index (χ3v) is 12.6. The van der Waals surface area contributed by atoms with Gasteiger partial charge in [-0.1, -0.05) is 13.8 Å². The van der Waals surface area contributed by atoms with Crippen molar-refractivity contribution < 1.29 is 44.6 Å². The Kier molecular flexibility index (Phi) is 7.43. The predicted molar refractivity (Wildman–Crippen MR) is 142 cm³/mol. The lowest BCUT2D eigenvalue weighted by Crippen LogP contribution is -2.66. The molecule has 0 aromatic carbocycles. The number of aliphatic hydroxyl groups excluding tert-OH is 4. The van der Waals surface area contributed by atoms with Crippen molar-refractivity contribution >= 4 is 5.97 Å². The SMILES string of the molecule is CON(C1CC[C@@]2(C)C(CCC3C2CC[C@]2(C)[C@@H](C4=CC(=O)OC4)CC[C@]32O)C1)[C@@H]1OC(CO)[C@@H](O)[C@H](O)C1O. The molecule has 40 heavy (non-hydrogen) atoms.